The van der Waals surface area contributed by atoms with Gasteiger partial charge in [0.2, 0.25) is 0 Å². The van der Waals surface area contributed by atoms with Gasteiger partial charge in [0.15, 0.2) is 5.79 Å². The van der Waals surface area contributed by atoms with E-state index in [2.05, 4.69) is 20.2 Å². The number of nitrogens with one attached hydrogen (secondary N) is 1. The van der Waals surface area contributed by atoms with Crippen molar-refractivity contribution in [3.05, 3.63) is 12.4 Å². The molecule has 2 saturated heterocycles. The van der Waals surface area contributed by atoms with Crippen molar-refractivity contribution < 1.29 is 14.2 Å². The van der Waals surface area contributed by atoms with Gasteiger partial charge < -0.3 is 24.4 Å². The number of rotatable bonds is 6. The first-order valence-electron chi connectivity index (χ1n) is 7.89. The van der Waals surface area contributed by atoms with Crippen LogP contribution in [0.2, 0.25) is 0 Å². The zero-order chi connectivity index (χ0) is 15.3. The van der Waals surface area contributed by atoms with E-state index in [0.29, 0.717) is 13.2 Å². The van der Waals surface area contributed by atoms with E-state index in [0.717, 1.165) is 57.1 Å². The molecule has 1 aromatic rings. The number of hydrogen-bond donors (Lipinski definition) is 1. The Morgan fingerprint density at radius 2 is 2.05 bits per heavy atom. The van der Waals surface area contributed by atoms with Gasteiger partial charge in [0.1, 0.15) is 18.0 Å². The summed E-state index contributed by atoms with van der Waals surface area (Å²) in [6.45, 7) is 4.79. The SMILES string of the molecule is COCCCNc1cc(N2CCC3(CC2)OCCO3)ncn1. The maximum absolute atomic E-state index is 5.76. The number of ether oxygens (including phenoxy) is 3. The smallest absolute Gasteiger partial charge is 0.171 e. The maximum atomic E-state index is 5.76. The molecule has 0 unspecified atom stereocenters. The van der Waals surface area contributed by atoms with Crippen molar-refractivity contribution in [3.63, 3.8) is 0 Å². The number of aromatic nitrogens is 2. The fourth-order valence-corrected chi connectivity index (χ4v) is 2.91. The van der Waals surface area contributed by atoms with Gasteiger partial charge in [-0.05, 0) is 6.42 Å². The summed E-state index contributed by atoms with van der Waals surface area (Å²) in [4.78, 5) is 10.9. The summed E-state index contributed by atoms with van der Waals surface area (Å²) in [5, 5.41) is 3.30. The molecule has 3 rings (SSSR count). The summed E-state index contributed by atoms with van der Waals surface area (Å²) < 4.78 is 16.6. The van der Waals surface area contributed by atoms with Crippen LogP contribution in [0.5, 0.6) is 0 Å². The van der Waals surface area contributed by atoms with Gasteiger partial charge in [-0.3, -0.25) is 0 Å². The average Bonchev–Trinajstić information content (AvgIpc) is 3.01. The fraction of sp³-hybridized carbons (Fsp3) is 0.733. The molecule has 1 spiro atoms. The first kappa shape index (κ1) is 15.5. The quantitative estimate of drug-likeness (QED) is 0.794. The third-order valence-electron chi connectivity index (χ3n) is 4.15. The van der Waals surface area contributed by atoms with Crippen LogP contribution in [-0.2, 0) is 14.2 Å². The molecule has 0 saturated carbocycles. The molecule has 0 aromatic carbocycles. The minimum Gasteiger partial charge on any atom is -0.385 e. The molecule has 7 heteroatoms. The Morgan fingerprint density at radius 3 is 2.77 bits per heavy atom. The second-order valence-corrected chi connectivity index (χ2v) is 5.63. The number of piperidine rings is 1. The predicted molar refractivity (Wildman–Crippen MR) is 83.1 cm³/mol. The Hall–Kier alpha value is -1.44. The Kier molecular flexibility index (Phi) is 5.07. The van der Waals surface area contributed by atoms with E-state index in [1.54, 1.807) is 13.4 Å². The third-order valence-corrected chi connectivity index (χ3v) is 4.15. The van der Waals surface area contributed by atoms with Crippen LogP contribution in [0.1, 0.15) is 19.3 Å². The van der Waals surface area contributed by atoms with Crippen molar-refractivity contribution in [3.8, 4) is 0 Å². The van der Waals surface area contributed by atoms with E-state index >= 15 is 0 Å². The van der Waals surface area contributed by atoms with Crippen molar-refractivity contribution in [2.45, 2.75) is 25.0 Å². The molecule has 22 heavy (non-hydrogen) atoms. The summed E-state index contributed by atoms with van der Waals surface area (Å²) >= 11 is 0. The predicted octanol–water partition coefficient (Wildman–Crippen LogP) is 1.27. The maximum Gasteiger partial charge on any atom is 0.171 e. The van der Waals surface area contributed by atoms with E-state index in [9.17, 15) is 0 Å². The normalized spacial score (nSPS) is 20.5. The highest BCUT2D eigenvalue weighted by Crippen LogP contribution is 2.32. The Balaban J connectivity index is 1.54. The molecule has 0 atom stereocenters. The van der Waals surface area contributed by atoms with E-state index < -0.39 is 0 Å². The van der Waals surface area contributed by atoms with Gasteiger partial charge in [-0.2, -0.15) is 0 Å². The highest BCUT2D eigenvalue weighted by Gasteiger charge is 2.40. The van der Waals surface area contributed by atoms with Crippen LogP contribution >= 0.6 is 0 Å². The van der Waals surface area contributed by atoms with Crippen LogP contribution < -0.4 is 10.2 Å². The van der Waals surface area contributed by atoms with E-state index in [4.69, 9.17) is 14.2 Å². The zero-order valence-corrected chi connectivity index (χ0v) is 13.1. The van der Waals surface area contributed by atoms with Crippen molar-refractivity contribution in [1.82, 2.24) is 9.97 Å². The summed E-state index contributed by atoms with van der Waals surface area (Å²) in [7, 11) is 1.71. The molecule has 1 N–H and O–H groups in total. The average molecular weight is 308 g/mol. The van der Waals surface area contributed by atoms with Crippen molar-refractivity contribution in [2.24, 2.45) is 0 Å². The van der Waals surface area contributed by atoms with Crippen LogP contribution in [-0.4, -0.2) is 62.3 Å². The molecule has 3 heterocycles. The summed E-state index contributed by atoms with van der Waals surface area (Å²) in [5.41, 5.74) is 0. The largest absolute Gasteiger partial charge is 0.385 e. The molecule has 1 aromatic heterocycles. The first-order valence-corrected chi connectivity index (χ1v) is 7.89. The van der Waals surface area contributed by atoms with E-state index in [1.807, 2.05) is 6.07 Å². The molecule has 2 fully saturated rings. The van der Waals surface area contributed by atoms with E-state index in [1.165, 1.54) is 0 Å². The Bertz CT molecular complexity index is 470. The highest BCUT2D eigenvalue weighted by molar-refractivity contribution is 5.48. The van der Waals surface area contributed by atoms with Gasteiger partial charge in [-0.15, -0.1) is 0 Å². The van der Waals surface area contributed by atoms with Gasteiger partial charge in [-0.25, -0.2) is 9.97 Å². The topological polar surface area (TPSA) is 68.7 Å². The van der Waals surface area contributed by atoms with Crippen molar-refractivity contribution >= 4 is 11.6 Å². The minimum absolute atomic E-state index is 0.342. The zero-order valence-electron chi connectivity index (χ0n) is 13.1. The van der Waals surface area contributed by atoms with Gasteiger partial charge >= 0.3 is 0 Å². The lowest BCUT2D eigenvalue weighted by Crippen LogP contribution is -2.45. The molecule has 2 aliphatic rings. The highest BCUT2D eigenvalue weighted by atomic mass is 16.7. The number of hydrogen-bond acceptors (Lipinski definition) is 7. The first-order chi connectivity index (χ1) is 10.8. The second-order valence-electron chi connectivity index (χ2n) is 5.63. The lowest BCUT2D eigenvalue weighted by atomic mass is 10.0. The molecule has 122 valence electrons. The Morgan fingerprint density at radius 1 is 1.27 bits per heavy atom. The van der Waals surface area contributed by atoms with Crippen LogP contribution in [0.3, 0.4) is 0 Å². The van der Waals surface area contributed by atoms with Crippen LogP contribution in [0, 0.1) is 0 Å². The molecule has 7 nitrogen and oxygen atoms in total. The fourth-order valence-electron chi connectivity index (χ4n) is 2.91. The molecule has 0 amide bonds. The monoisotopic (exact) mass is 308 g/mol. The van der Waals surface area contributed by atoms with Gasteiger partial charge in [-0.1, -0.05) is 0 Å². The molecule has 0 bridgehead atoms. The summed E-state index contributed by atoms with van der Waals surface area (Å²) in [6, 6.07) is 2.00. The Labute approximate surface area is 131 Å². The lowest BCUT2D eigenvalue weighted by Gasteiger charge is -2.38. The van der Waals surface area contributed by atoms with Gasteiger partial charge in [0.25, 0.3) is 0 Å². The molecular formula is C15H24N4O3. The van der Waals surface area contributed by atoms with Crippen molar-refractivity contribution in [1.29, 1.82) is 0 Å². The third kappa shape index (κ3) is 3.66. The van der Waals surface area contributed by atoms with Crippen molar-refractivity contribution in [2.75, 3.05) is 56.8 Å². The molecule has 2 aliphatic heterocycles. The molecular weight excluding hydrogens is 284 g/mol. The molecule has 0 radical (unpaired) electrons. The summed E-state index contributed by atoms with van der Waals surface area (Å²) in [5.74, 6) is 1.47. The van der Waals surface area contributed by atoms with Gasteiger partial charge in [0.05, 0.1) is 13.2 Å². The number of nitrogens with zero attached hydrogens (tertiary/aromatic N) is 3. The lowest BCUT2D eigenvalue weighted by molar-refractivity contribution is -0.169. The summed E-state index contributed by atoms with van der Waals surface area (Å²) in [6.07, 6.45) is 4.33. The number of methoxy groups -OCH3 is 1. The second kappa shape index (κ2) is 7.21. The van der Waals surface area contributed by atoms with Crippen LogP contribution in [0.15, 0.2) is 12.4 Å². The van der Waals surface area contributed by atoms with Gasteiger partial charge in [0, 0.05) is 52.3 Å². The van der Waals surface area contributed by atoms with Crippen LogP contribution in [0.25, 0.3) is 0 Å². The standard InChI is InChI=1S/C15H24N4O3/c1-20-8-2-5-16-13-11-14(18-12-17-13)19-6-3-15(4-7-19)21-9-10-22-15/h11-12H,2-10H2,1H3,(H,16,17,18). The molecule has 0 aliphatic carbocycles. The minimum atomic E-state index is -0.342. The van der Waals surface area contributed by atoms with Crippen LogP contribution in [0.4, 0.5) is 11.6 Å². The number of anilines is 2. The van der Waals surface area contributed by atoms with E-state index in [-0.39, 0.29) is 5.79 Å².